The minimum atomic E-state index is -0.143. The van der Waals surface area contributed by atoms with Gasteiger partial charge in [0.2, 0.25) is 11.8 Å². The predicted molar refractivity (Wildman–Crippen MR) is 100 cm³/mol. The molecule has 0 unspecified atom stereocenters. The van der Waals surface area contributed by atoms with Gasteiger partial charge in [0, 0.05) is 6.54 Å². The highest BCUT2D eigenvalue weighted by Gasteiger charge is 2.48. The molecule has 0 N–H and O–H groups in total. The fourth-order valence-electron chi connectivity index (χ4n) is 4.50. The van der Waals surface area contributed by atoms with Crippen LogP contribution in [0.15, 0.2) is 36.4 Å². The maximum atomic E-state index is 12.8. The molecule has 2 fully saturated rings. The van der Waals surface area contributed by atoms with Crippen LogP contribution in [0.3, 0.4) is 0 Å². The Morgan fingerprint density at radius 1 is 1.08 bits per heavy atom. The highest BCUT2D eigenvalue weighted by Crippen LogP contribution is 2.39. The van der Waals surface area contributed by atoms with E-state index in [2.05, 4.69) is 11.0 Å². The van der Waals surface area contributed by atoms with Crippen LogP contribution < -0.4 is 0 Å². The maximum Gasteiger partial charge on any atom is 0.234 e. The summed E-state index contributed by atoms with van der Waals surface area (Å²) in [5.74, 6) is -0.259. The predicted octanol–water partition coefficient (Wildman–Crippen LogP) is 3.34. The first-order chi connectivity index (χ1) is 12.7. The number of hydrogen-bond donors (Lipinski definition) is 0. The lowest BCUT2D eigenvalue weighted by Gasteiger charge is -2.27. The lowest BCUT2D eigenvalue weighted by molar-refractivity contribution is -0.142. The van der Waals surface area contributed by atoms with Gasteiger partial charge in [0.25, 0.3) is 0 Å². The summed E-state index contributed by atoms with van der Waals surface area (Å²) in [6, 6.07) is 8.39. The Morgan fingerprint density at radius 2 is 1.81 bits per heavy atom. The summed E-state index contributed by atoms with van der Waals surface area (Å²) in [5.41, 5.74) is 1.03. The number of carbonyl (C=O) groups is 2. The van der Waals surface area contributed by atoms with Gasteiger partial charge < -0.3 is 0 Å². The van der Waals surface area contributed by atoms with Crippen LogP contribution in [0, 0.1) is 11.8 Å². The zero-order chi connectivity index (χ0) is 17.7. The Balaban J connectivity index is 1.38. The molecule has 6 heteroatoms. The fourth-order valence-corrected chi connectivity index (χ4v) is 5.63. The second-order valence-electron chi connectivity index (χ2n) is 7.39. The van der Waals surface area contributed by atoms with Crippen LogP contribution >= 0.6 is 11.3 Å². The van der Waals surface area contributed by atoms with Gasteiger partial charge in [-0.25, -0.2) is 4.98 Å². The smallest absolute Gasteiger partial charge is 0.234 e. The lowest BCUT2D eigenvalue weighted by atomic mass is 9.85. The van der Waals surface area contributed by atoms with Crippen molar-refractivity contribution in [1.82, 2.24) is 14.8 Å². The number of carbonyl (C=O) groups excluding carboxylic acids is 2. The average Bonchev–Trinajstić information content (AvgIpc) is 3.35. The van der Waals surface area contributed by atoms with E-state index in [4.69, 9.17) is 4.98 Å². The molecule has 2 saturated heterocycles. The van der Waals surface area contributed by atoms with Gasteiger partial charge in [0.05, 0.1) is 34.8 Å². The van der Waals surface area contributed by atoms with Crippen LogP contribution in [0.25, 0.3) is 10.2 Å². The van der Waals surface area contributed by atoms with Crippen molar-refractivity contribution in [3.8, 4) is 0 Å². The van der Waals surface area contributed by atoms with Gasteiger partial charge in [0.1, 0.15) is 5.01 Å². The Bertz CT molecular complexity index is 846. The highest BCUT2D eigenvalue weighted by molar-refractivity contribution is 7.18. The molecule has 5 rings (SSSR count). The molecule has 0 bridgehead atoms. The topological polar surface area (TPSA) is 53.5 Å². The fraction of sp³-hybridized carbons (Fsp3) is 0.450. The number of allylic oxidation sites excluding steroid dienone is 2. The lowest BCUT2D eigenvalue weighted by Crippen LogP contribution is -2.41. The van der Waals surface area contributed by atoms with E-state index >= 15 is 0 Å². The van der Waals surface area contributed by atoms with Crippen molar-refractivity contribution in [2.75, 3.05) is 13.2 Å². The Labute approximate surface area is 156 Å². The van der Waals surface area contributed by atoms with Crippen molar-refractivity contribution in [3.05, 3.63) is 41.4 Å². The molecule has 2 aromatic rings. The Hall–Kier alpha value is -2.05. The van der Waals surface area contributed by atoms with Crippen molar-refractivity contribution in [2.45, 2.75) is 31.7 Å². The van der Waals surface area contributed by atoms with E-state index in [1.165, 1.54) is 9.60 Å². The third-order valence-electron chi connectivity index (χ3n) is 5.88. The molecule has 0 saturated carbocycles. The van der Waals surface area contributed by atoms with Crippen LogP contribution in [0.4, 0.5) is 0 Å². The molecule has 3 aliphatic rings. The molecule has 5 nitrogen and oxygen atoms in total. The second kappa shape index (κ2) is 6.28. The number of likely N-dealkylation sites (tertiary alicyclic amines) is 2. The number of nitrogens with zero attached hydrogens (tertiary/aromatic N) is 3. The van der Waals surface area contributed by atoms with E-state index in [0.717, 1.165) is 29.9 Å². The first-order valence-corrected chi connectivity index (χ1v) is 10.1. The van der Waals surface area contributed by atoms with Crippen LogP contribution in [-0.2, 0) is 9.59 Å². The molecule has 3 atom stereocenters. The van der Waals surface area contributed by atoms with Crippen LogP contribution in [0.2, 0.25) is 0 Å². The molecule has 1 aromatic carbocycles. The van der Waals surface area contributed by atoms with Crippen molar-refractivity contribution in [3.63, 3.8) is 0 Å². The van der Waals surface area contributed by atoms with Gasteiger partial charge in [-0.05, 0) is 37.8 Å². The van der Waals surface area contributed by atoms with E-state index in [1.807, 2.05) is 30.4 Å². The molecule has 0 radical (unpaired) electrons. The van der Waals surface area contributed by atoms with Gasteiger partial charge in [-0.15, -0.1) is 11.3 Å². The van der Waals surface area contributed by atoms with Crippen LogP contribution in [-0.4, -0.2) is 39.8 Å². The van der Waals surface area contributed by atoms with E-state index < -0.39 is 0 Å². The van der Waals surface area contributed by atoms with Crippen molar-refractivity contribution in [2.24, 2.45) is 11.8 Å². The quantitative estimate of drug-likeness (QED) is 0.617. The third kappa shape index (κ3) is 2.51. The number of rotatable bonds is 3. The molecule has 1 aromatic heterocycles. The summed E-state index contributed by atoms with van der Waals surface area (Å²) in [4.78, 5) is 34.1. The molecular formula is C20H21N3O2S. The normalized spacial score (nSPS) is 29.1. The summed E-state index contributed by atoms with van der Waals surface area (Å²) in [6.45, 7) is 1.32. The Kier molecular flexibility index (Phi) is 3.90. The summed E-state index contributed by atoms with van der Waals surface area (Å²) in [6.07, 6.45) is 7.58. The standard InChI is InChI=1S/C20H21N3O2S/c24-19-13-6-1-2-7-14(13)20(25)23(19)12-22-11-5-9-16(22)18-21-15-8-3-4-10-17(15)26-18/h1-4,8,10,13-14,16H,5-7,9,11-12H2/t13-,14-,16-/m1/s1. The van der Waals surface area contributed by atoms with Crippen molar-refractivity contribution >= 4 is 33.4 Å². The van der Waals surface area contributed by atoms with Gasteiger partial charge in [-0.1, -0.05) is 24.3 Å². The Morgan fingerprint density at radius 3 is 2.54 bits per heavy atom. The summed E-state index contributed by atoms with van der Waals surface area (Å²) < 4.78 is 1.19. The first kappa shape index (κ1) is 16.1. The zero-order valence-electron chi connectivity index (χ0n) is 14.5. The monoisotopic (exact) mass is 367 g/mol. The van der Waals surface area contributed by atoms with Gasteiger partial charge in [-0.2, -0.15) is 0 Å². The SMILES string of the molecule is O=C1[C@@H]2CC=CC[C@H]2C(=O)N1CN1CCC[C@@H]1c1nc2ccccc2s1. The average molecular weight is 367 g/mol. The number of hydrogen-bond acceptors (Lipinski definition) is 5. The number of amides is 2. The minimum Gasteiger partial charge on any atom is -0.276 e. The third-order valence-corrected chi connectivity index (χ3v) is 7.02. The minimum absolute atomic E-state index is 0.0132. The van der Waals surface area contributed by atoms with E-state index in [9.17, 15) is 9.59 Å². The summed E-state index contributed by atoms with van der Waals surface area (Å²) in [5, 5.41) is 1.10. The van der Waals surface area contributed by atoms with E-state index in [0.29, 0.717) is 19.5 Å². The zero-order valence-corrected chi connectivity index (χ0v) is 15.3. The van der Waals surface area contributed by atoms with Crippen LogP contribution in [0.1, 0.15) is 36.7 Å². The maximum absolute atomic E-state index is 12.8. The number of thiazole rings is 1. The molecule has 1 aliphatic carbocycles. The molecule has 3 heterocycles. The first-order valence-electron chi connectivity index (χ1n) is 9.32. The van der Waals surface area contributed by atoms with Crippen LogP contribution in [0.5, 0.6) is 0 Å². The molecule has 26 heavy (non-hydrogen) atoms. The molecule has 2 aliphatic heterocycles. The van der Waals surface area contributed by atoms with E-state index in [1.54, 1.807) is 11.3 Å². The second-order valence-corrected chi connectivity index (χ2v) is 8.45. The number of benzene rings is 1. The van der Waals surface area contributed by atoms with Gasteiger partial charge >= 0.3 is 0 Å². The highest BCUT2D eigenvalue weighted by atomic mass is 32.1. The summed E-state index contributed by atoms with van der Waals surface area (Å²) in [7, 11) is 0. The van der Waals surface area contributed by atoms with Crippen molar-refractivity contribution in [1.29, 1.82) is 0 Å². The molecule has 134 valence electrons. The number of fused-ring (bicyclic) bond motifs is 2. The molecular weight excluding hydrogens is 346 g/mol. The number of para-hydroxylation sites is 1. The molecule has 0 spiro atoms. The van der Waals surface area contributed by atoms with Gasteiger partial charge in [-0.3, -0.25) is 19.4 Å². The van der Waals surface area contributed by atoms with E-state index in [-0.39, 0.29) is 29.7 Å². The molecule has 2 amide bonds. The summed E-state index contributed by atoms with van der Waals surface area (Å²) >= 11 is 1.73. The number of imide groups is 1. The largest absolute Gasteiger partial charge is 0.276 e. The number of aromatic nitrogens is 1. The van der Waals surface area contributed by atoms with Gasteiger partial charge in [0.15, 0.2) is 0 Å². The van der Waals surface area contributed by atoms with Crippen molar-refractivity contribution < 1.29 is 9.59 Å².